The van der Waals surface area contributed by atoms with E-state index >= 15 is 0 Å². The number of phosphoric ester groups is 2. The van der Waals surface area contributed by atoms with Crippen LogP contribution in [0.25, 0.3) is 0 Å². The third-order valence-electron chi connectivity index (χ3n) is 20.1. The average Bonchev–Trinajstić information content (AvgIpc) is 0.978. The van der Waals surface area contributed by atoms with Crippen LogP contribution in [-0.4, -0.2) is 96.7 Å². The molecule has 0 aliphatic carbocycles. The van der Waals surface area contributed by atoms with E-state index in [-0.39, 0.29) is 25.7 Å². The summed E-state index contributed by atoms with van der Waals surface area (Å²) in [5.41, 5.74) is 0. The number of carbonyl (C=O) groups is 4. The number of aliphatic hydroxyl groups is 1. The van der Waals surface area contributed by atoms with Gasteiger partial charge in [0, 0.05) is 25.7 Å². The molecule has 0 fully saturated rings. The molecule has 19 heteroatoms. The summed E-state index contributed by atoms with van der Waals surface area (Å²) in [6.45, 7) is 12.0. The molecule has 0 aliphatic heterocycles. The van der Waals surface area contributed by atoms with E-state index in [4.69, 9.17) is 37.0 Å². The number of ether oxygens (including phenoxy) is 4. The largest absolute Gasteiger partial charge is 0.472 e. The van der Waals surface area contributed by atoms with Gasteiger partial charge >= 0.3 is 39.5 Å². The van der Waals surface area contributed by atoms with E-state index in [1.165, 1.54) is 263 Å². The molecule has 0 aromatic heterocycles. The minimum absolute atomic E-state index is 0.106. The summed E-state index contributed by atoms with van der Waals surface area (Å²) in [5, 5.41) is 10.7. The van der Waals surface area contributed by atoms with E-state index in [0.29, 0.717) is 25.7 Å². The first kappa shape index (κ1) is 103. The Bertz CT molecular complexity index is 2030. The molecule has 2 unspecified atom stereocenters. The van der Waals surface area contributed by atoms with Crippen molar-refractivity contribution < 1.29 is 80.2 Å². The lowest BCUT2D eigenvalue weighted by molar-refractivity contribution is -0.161. The van der Waals surface area contributed by atoms with E-state index in [0.717, 1.165) is 108 Å². The zero-order chi connectivity index (χ0) is 77.2. The SMILES string of the molecule is CCCCCCCCCCCCCCCCCCCCC(=O)OC[C@H](COP(=O)(O)OC[C@@H](O)COP(=O)(O)OC[C@@H](COC(=O)CCCCCCCCCCCCC(C)C)OC(=O)CCCCCCCCCCCCC(C)C)OC(=O)CCCCCCCCCCCCCCCCCCCCC(C)C. The van der Waals surface area contributed by atoms with Gasteiger partial charge in [-0.05, 0) is 43.4 Å². The molecule has 0 saturated carbocycles. The Balaban J connectivity index is 5.25. The van der Waals surface area contributed by atoms with E-state index in [1.807, 2.05) is 0 Å². The molecule has 0 rings (SSSR count). The Kier molecular flexibility index (Phi) is 74.7. The van der Waals surface area contributed by atoms with Gasteiger partial charge in [0.15, 0.2) is 12.2 Å². The van der Waals surface area contributed by atoms with Crippen LogP contribution >= 0.6 is 15.6 Å². The van der Waals surface area contributed by atoms with E-state index in [9.17, 15) is 43.2 Å². The Morgan fingerprint density at radius 3 is 0.648 bits per heavy atom. The van der Waals surface area contributed by atoms with Crippen molar-refractivity contribution in [3.63, 3.8) is 0 Å². The van der Waals surface area contributed by atoms with Crippen LogP contribution in [-0.2, 0) is 65.4 Å². The molecular weight excluding hydrogens is 1370 g/mol. The molecule has 0 aliphatic rings. The molecule has 17 nitrogen and oxygen atoms in total. The van der Waals surface area contributed by atoms with Crippen LogP contribution in [0.2, 0.25) is 0 Å². The van der Waals surface area contributed by atoms with Crippen molar-refractivity contribution in [1.82, 2.24) is 0 Å². The van der Waals surface area contributed by atoms with Crippen LogP contribution in [0.5, 0.6) is 0 Å². The van der Waals surface area contributed by atoms with Crippen molar-refractivity contribution in [2.24, 2.45) is 17.8 Å². The van der Waals surface area contributed by atoms with Gasteiger partial charge in [0.05, 0.1) is 26.4 Å². The molecule has 0 saturated heterocycles. The topological polar surface area (TPSA) is 237 Å². The van der Waals surface area contributed by atoms with Crippen LogP contribution in [0.3, 0.4) is 0 Å². The van der Waals surface area contributed by atoms with Gasteiger partial charge in [-0.25, -0.2) is 9.13 Å². The lowest BCUT2D eigenvalue weighted by atomic mass is 10.0. The fraction of sp³-hybridized carbons (Fsp3) is 0.953. The highest BCUT2D eigenvalue weighted by Crippen LogP contribution is 2.45. The van der Waals surface area contributed by atoms with Crippen LogP contribution in [0.15, 0.2) is 0 Å². The van der Waals surface area contributed by atoms with E-state index in [2.05, 4.69) is 48.5 Å². The van der Waals surface area contributed by atoms with Crippen LogP contribution in [0, 0.1) is 17.8 Å². The number of rotatable bonds is 84. The zero-order valence-corrected chi connectivity index (χ0v) is 71.0. The molecule has 0 heterocycles. The highest BCUT2D eigenvalue weighted by molar-refractivity contribution is 7.47. The van der Waals surface area contributed by atoms with Crippen LogP contribution in [0.4, 0.5) is 0 Å². The molecule has 5 atom stereocenters. The summed E-state index contributed by atoms with van der Waals surface area (Å²) in [6.07, 6.45) is 66.7. The molecule has 0 amide bonds. The first-order chi connectivity index (χ1) is 50.7. The smallest absolute Gasteiger partial charge is 0.462 e. The maximum atomic E-state index is 13.2. The number of hydrogen-bond donors (Lipinski definition) is 3. The molecule has 0 aromatic carbocycles. The summed E-state index contributed by atoms with van der Waals surface area (Å²) in [4.78, 5) is 73.2. The Morgan fingerprint density at radius 2 is 0.438 bits per heavy atom. The highest BCUT2D eigenvalue weighted by atomic mass is 31.2. The second-order valence-corrected chi connectivity index (χ2v) is 35.3. The Labute approximate surface area is 645 Å². The van der Waals surface area contributed by atoms with Crippen molar-refractivity contribution in [3.05, 3.63) is 0 Å². The minimum atomic E-state index is -4.97. The number of esters is 4. The van der Waals surface area contributed by atoms with Gasteiger partial charge in [-0.2, -0.15) is 0 Å². The van der Waals surface area contributed by atoms with Crippen molar-refractivity contribution in [3.8, 4) is 0 Å². The highest BCUT2D eigenvalue weighted by Gasteiger charge is 2.30. The van der Waals surface area contributed by atoms with Gasteiger partial charge in [-0.1, -0.05) is 402 Å². The predicted molar refractivity (Wildman–Crippen MR) is 432 cm³/mol. The quantitative estimate of drug-likeness (QED) is 0.0222. The maximum absolute atomic E-state index is 13.2. The standard InChI is InChI=1S/C86H168O17P2/c1-8-9-10-11-12-13-14-15-16-17-21-24-27-30-39-46-53-60-67-83(88)96-73-81(102-85(90)69-62-55-48-41-31-28-25-22-19-18-20-23-26-29-36-43-50-57-64-77(2)3)75-100-104(92,93)98-71-80(87)72-99-105(94,95)101-76-82(103-86(91)70-63-56-49-42-35-33-38-45-52-59-66-79(6)7)74-97-84(89)68-61-54-47-40-34-32-37-44-51-58-65-78(4)5/h77-82,87H,8-76H2,1-7H3,(H,92,93)(H,94,95)/t80-,81-,82-/m1/s1. The minimum Gasteiger partial charge on any atom is -0.462 e. The first-order valence-electron chi connectivity index (χ1n) is 44.3. The Morgan fingerprint density at radius 1 is 0.257 bits per heavy atom. The van der Waals surface area contributed by atoms with Crippen molar-refractivity contribution in [1.29, 1.82) is 0 Å². The molecular formula is C86H168O17P2. The second-order valence-electron chi connectivity index (χ2n) is 32.4. The molecule has 3 N–H and O–H groups in total. The molecule has 105 heavy (non-hydrogen) atoms. The lowest BCUT2D eigenvalue weighted by Gasteiger charge is -2.21. The van der Waals surface area contributed by atoms with Gasteiger partial charge in [-0.15, -0.1) is 0 Å². The monoisotopic (exact) mass is 1540 g/mol. The van der Waals surface area contributed by atoms with E-state index in [1.54, 1.807) is 0 Å². The third kappa shape index (κ3) is 79.9. The van der Waals surface area contributed by atoms with Crippen molar-refractivity contribution >= 4 is 39.5 Å². The van der Waals surface area contributed by atoms with Crippen LogP contribution < -0.4 is 0 Å². The van der Waals surface area contributed by atoms with Gasteiger partial charge < -0.3 is 33.8 Å². The van der Waals surface area contributed by atoms with Gasteiger partial charge in [-0.3, -0.25) is 37.3 Å². The normalized spacial score (nSPS) is 13.9. The number of carbonyl (C=O) groups excluding carboxylic acids is 4. The molecule has 0 radical (unpaired) electrons. The van der Waals surface area contributed by atoms with Crippen LogP contribution in [0.1, 0.15) is 453 Å². The predicted octanol–water partition coefficient (Wildman–Crippen LogP) is 26.1. The summed E-state index contributed by atoms with van der Waals surface area (Å²) < 4.78 is 68.9. The molecule has 624 valence electrons. The fourth-order valence-corrected chi connectivity index (χ4v) is 14.9. The molecule has 0 aromatic rings. The Hall–Kier alpha value is -1.94. The van der Waals surface area contributed by atoms with E-state index < -0.39 is 97.5 Å². The second kappa shape index (κ2) is 76.1. The number of unbranched alkanes of at least 4 members (excludes halogenated alkanes) is 52. The first-order valence-corrected chi connectivity index (χ1v) is 47.3. The zero-order valence-electron chi connectivity index (χ0n) is 69.2. The summed E-state index contributed by atoms with van der Waals surface area (Å²) in [6, 6.07) is 0. The fourth-order valence-electron chi connectivity index (χ4n) is 13.4. The number of phosphoric acid groups is 2. The molecule has 0 spiro atoms. The summed E-state index contributed by atoms with van der Waals surface area (Å²) in [7, 11) is -9.93. The summed E-state index contributed by atoms with van der Waals surface area (Å²) >= 11 is 0. The maximum Gasteiger partial charge on any atom is 0.472 e. The van der Waals surface area contributed by atoms with Gasteiger partial charge in [0.25, 0.3) is 0 Å². The third-order valence-corrected chi connectivity index (χ3v) is 22.0. The number of aliphatic hydroxyl groups excluding tert-OH is 1. The average molecular weight is 1540 g/mol. The number of hydrogen-bond acceptors (Lipinski definition) is 15. The van der Waals surface area contributed by atoms with Crippen molar-refractivity contribution in [2.75, 3.05) is 39.6 Å². The summed E-state index contributed by atoms with van der Waals surface area (Å²) in [5.74, 6) is 0.226. The van der Waals surface area contributed by atoms with Crippen molar-refractivity contribution in [2.45, 2.75) is 471 Å². The van der Waals surface area contributed by atoms with Gasteiger partial charge in [0.2, 0.25) is 0 Å². The van der Waals surface area contributed by atoms with Gasteiger partial charge in [0.1, 0.15) is 19.3 Å². The molecule has 0 bridgehead atoms. The lowest BCUT2D eigenvalue weighted by Crippen LogP contribution is -2.30.